The first-order valence-electron chi connectivity index (χ1n) is 4.54. The number of benzene rings is 1. The summed E-state index contributed by atoms with van der Waals surface area (Å²) < 4.78 is 42.8. The van der Waals surface area contributed by atoms with Gasteiger partial charge in [0.15, 0.2) is 6.07 Å². The lowest BCUT2D eigenvalue weighted by Gasteiger charge is -2.11. The Morgan fingerprint density at radius 1 is 1.24 bits per heavy atom. The van der Waals surface area contributed by atoms with Crippen molar-refractivity contribution in [3.63, 3.8) is 0 Å². The number of nitrogens with zero attached hydrogens (tertiary/aromatic N) is 2. The fourth-order valence-corrected chi connectivity index (χ4v) is 1.38. The number of aliphatic imine (C=N–C) groups is 1. The minimum absolute atomic E-state index is 0.0603. The number of para-hydroxylation sites is 1. The van der Waals surface area contributed by atoms with Crippen molar-refractivity contribution in [2.24, 2.45) is 4.99 Å². The largest absolute Gasteiger partial charge is 0.438 e. The van der Waals surface area contributed by atoms with E-state index in [9.17, 15) is 13.2 Å². The van der Waals surface area contributed by atoms with Crippen molar-refractivity contribution in [1.82, 2.24) is 0 Å². The van der Waals surface area contributed by atoms with E-state index in [0.717, 1.165) is 0 Å². The Kier molecular flexibility index (Phi) is 2.60. The lowest BCUT2D eigenvalue weighted by molar-refractivity contribution is -0.0697. The maximum atomic E-state index is 12.7. The first-order chi connectivity index (χ1) is 8.02. The first-order valence-corrected chi connectivity index (χ1v) is 4.54. The smallest absolute Gasteiger partial charge is 0.420 e. The molecule has 0 bridgehead atoms. The molecule has 0 N–H and O–H groups in total. The van der Waals surface area contributed by atoms with Crippen LogP contribution in [-0.2, 0) is 4.74 Å². The number of hydrogen-bond acceptors (Lipinski definition) is 3. The Balaban J connectivity index is 2.63. The molecule has 1 heterocycles. The normalized spacial score (nSPS) is 14.7. The molecular weight excluding hydrogens is 233 g/mol. The van der Waals surface area contributed by atoms with E-state index >= 15 is 0 Å². The fraction of sp³-hybridized carbons (Fsp3) is 0.0909. The van der Waals surface area contributed by atoms with Crippen molar-refractivity contribution < 1.29 is 17.9 Å². The molecule has 0 spiro atoms. The van der Waals surface area contributed by atoms with Crippen LogP contribution in [0.15, 0.2) is 35.5 Å². The number of alkyl halides is 3. The maximum Gasteiger partial charge on any atom is 0.420 e. The summed E-state index contributed by atoms with van der Waals surface area (Å²) in [4.78, 5) is 3.70. The maximum absolute atomic E-state index is 12.7. The van der Waals surface area contributed by atoms with Gasteiger partial charge in [-0.25, -0.2) is 4.99 Å². The van der Waals surface area contributed by atoms with Crippen molar-refractivity contribution >= 4 is 17.2 Å². The van der Waals surface area contributed by atoms with E-state index in [0.29, 0.717) is 6.26 Å². The second-order valence-electron chi connectivity index (χ2n) is 3.19. The summed E-state index contributed by atoms with van der Waals surface area (Å²) in [5.74, 6) is -0.420. The summed E-state index contributed by atoms with van der Waals surface area (Å²) in [5.41, 5.74) is -1.00. The number of allylic oxidation sites excluding steroid dienone is 1. The van der Waals surface area contributed by atoms with Gasteiger partial charge in [-0.2, -0.15) is 18.4 Å². The highest BCUT2D eigenvalue weighted by Gasteiger charge is 2.37. The van der Waals surface area contributed by atoms with Crippen molar-refractivity contribution in [3.05, 3.63) is 36.1 Å². The molecule has 1 aliphatic heterocycles. The van der Waals surface area contributed by atoms with Gasteiger partial charge in [-0.1, -0.05) is 18.2 Å². The van der Waals surface area contributed by atoms with Gasteiger partial charge < -0.3 is 4.74 Å². The van der Waals surface area contributed by atoms with Crippen LogP contribution in [0, 0.1) is 11.3 Å². The highest BCUT2D eigenvalue weighted by Crippen LogP contribution is 2.39. The molecule has 0 fully saturated rings. The molecule has 0 aliphatic carbocycles. The second-order valence-corrected chi connectivity index (χ2v) is 3.19. The van der Waals surface area contributed by atoms with Crippen LogP contribution in [0.4, 0.5) is 18.9 Å². The molecule has 0 aromatic heterocycles. The number of hydrogen-bond donors (Lipinski definition) is 0. The quantitative estimate of drug-likeness (QED) is 0.696. The molecule has 6 heteroatoms. The Morgan fingerprint density at radius 3 is 2.59 bits per heavy atom. The van der Waals surface area contributed by atoms with Crippen LogP contribution < -0.4 is 0 Å². The molecule has 17 heavy (non-hydrogen) atoms. The van der Waals surface area contributed by atoms with Crippen molar-refractivity contribution in [2.75, 3.05) is 0 Å². The molecule has 86 valence electrons. The van der Waals surface area contributed by atoms with Crippen molar-refractivity contribution in [3.8, 4) is 6.07 Å². The third-order valence-corrected chi connectivity index (χ3v) is 2.11. The monoisotopic (exact) mass is 238 g/mol. The molecule has 0 saturated carbocycles. The number of ether oxygens (including phenoxy) is 1. The summed E-state index contributed by atoms with van der Waals surface area (Å²) in [6, 6.07) is 7.24. The van der Waals surface area contributed by atoms with E-state index in [1.807, 2.05) is 0 Å². The standard InChI is InChI=1S/C11H5F3N2O/c12-11(13,14)8-6-17-10(5-15)16-9-4-2-1-3-7(8)9/h1-4,6H. The fourth-order valence-electron chi connectivity index (χ4n) is 1.38. The zero-order valence-electron chi connectivity index (χ0n) is 8.32. The van der Waals surface area contributed by atoms with Crippen LogP contribution in [0.5, 0.6) is 0 Å². The highest BCUT2D eigenvalue weighted by atomic mass is 19.4. The van der Waals surface area contributed by atoms with Crippen LogP contribution in [-0.4, -0.2) is 12.1 Å². The van der Waals surface area contributed by atoms with Crippen LogP contribution in [0.3, 0.4) is 0 Å². The molecule has 1 aromatic rings. The van der Waals surface area contributed by atoms with Gasteiger partial charge >= 0.3 is 12.1 Å². The molecule has 0 atom stereocenters. The molecule has 0 unspecified atom stereocenters. The molecule has 0 saturated heterocycles. The molecule has 2 rings (SSSR count). The average Bonchev–Trinajstić information content (AvgIpc) is 2.46. The number of rotatable bonds is 0. The molecule has 1 aromatic carbocycles. The lowest BCUT2D eigenvalue weighted by atomic mass is 10.1. The predicted octanol–water partition coefficient (Wildman–Crippen LogP) is 3.17. The lowest BCUT2D eigenvalue weighted by Crippen LogP contribution is -2.11. The Bertz CT molecular complexity index is 553. The van der Waals surface area contributed by atoms with Gasteiger partial charge in [-0.3, -0.25) is 0 Å². The molecular formula is C11H5F3N2O. The third-order valence-electron chi connectivity index (χ3n) is 2.11. The Hall–Kier alpha value is -2.29. The van der Waals surface area contributed by atoms with Gasteiger partial charge in [0.05, 0.1) is 5.69 Å². The Labute approximate surface area is 94.5 Å². The van der Waals surface area contributed by atoms with Crippen molar-refractivity contribution in [2.45, 2.75) is 6.18 Å². The minimum Gasteiger partial charge on any atom is -0.438 e. The topological polar surface area (TPSA) is 45.4 Å². The van der Waals surface area contributed by atoms with E-state index in [4.69, 9.17) is 5.26 Å². The van der Waals surface area contributed by atoms with Gasteiger partial charge in [-0.15, -0.1) is 0 Å². The second kappa shape index (κ2) is 3.94. The molecule has 0 radical (unpaired) electrons. The third kappa shape index (κ3) is 2.13. The van der Waals surface area contributed by atoms with E-state index in [-0.39, 0.29) is 11.3 Å². The Morgan fingerprint density at radius 2 is 1.94 bits per heavy atom. The minimum atomic E-state index is -4.56. The summed E-state index contributed by atoms with van der Waals surface area (Å²) >= 11 is 0. The van der Waals surface area contributed by atoms with Gasteiger partial charge in [0.2, 0.25) is 0 Å². The van der Waals surface area contributed by atoms with E-state index in [2.05, 4.69) is 9.73 Å². The van der Waals surface area contributed by atoms with Gasteiger partial charge in [-0.05, 0) is 6.07 Å². The summed E-state index contributed by atoms with van der Waals surface area (Å²) in [6.45, 7) is 0. The predicted molar refractivity (Wildman–Crippen MR) is 54.3 cm³/mol. The van der Waals surface area contributed by atoms with Crippen LogP contribution in [0.25, 0.3) is 5.57 Å². The van der Waals surface area contributed by atoms with E-state index in [1.54, 1.807) is 6.07 Å². The first kappa shape index (κ1) is 11.2. The number of fused-ring (bicyclic) bond motifs is 1. The van der Waals surface area contributed by atoms with Gasteiger partial charge in [0.1, 0.15) is 11.8 Å². The zero-order valence-corrected chi connectivity index (χ0v) is 8.32. The van der Waals surface area contributed by atoms with Crippen LogP contribution in [0.2, 0.25) is 0 Å². The van der Waals surface area contributed by atoms with Crippen molar-refractivity contribution in [1.29, 1.82) is 5.26 Å². The summed E-state index contributed by atoms with van der Waals surface area (Å²) in [6.07, 6.45) is -4.05. The molecule has 0 amide bonds. The van der Waals surface area contributed by atoms with Gasteiger partial charge in [0.25, 0.3) is 0 Å². The summed E-state index contributed by atoms with van der Waals surface area (Å²) in [7, 11) is 0. The average molecular weight is 238 g/mol. The van der Waals surface area contributed by atoms with Crippen LogP contribution in [0.1, 0.15) is 5.56 Å². The van der Waals surface area contributed by atoms with Crippen LogP contribution >= 0.6 is 0 Å². The zero-order chi connectivity index (χ0) is 12.5. The molecule has 3 nitrogen and oxygen atoms in total. The van der Waals surface area contributed by atoms with Gasteiger partial charge in [0, 0.05) is 5.56 Å². The highest BCUT2D eigenvalue weighted by molar-refractivity contribution is 5.96. The van der Waals surface area contributed by atoms with E-state index in [1.165, 1.54) is 24.3 Å². The number of halogens is 3. The summed E-state index contributed by atoms with van der Waals surface area (Å²) in [5, 5.41) is 8.61. The molecule has 1 aliphatic rings. The SMILES string of the molecule is N#CC1=Nc2ccccc2C(C(F)(F)F)=CO1. The number of nitriles is 1. The van der Waals surface area contributed by atoms with E-state index < -0.39 is 17.6 Å².